The summed E-state index contributed by atoms with van der Waals surface area (Å²) in [5, 5.41) is 0. The number of halogens is 2. The average Bonchev–Trinajstić information content (AvgIpc) is 2.30. The molecule has 1 aromatic rings. The molecule has 0 unspecified atom stereocenters. The van der Waals surface area contributed by atoms with E-state index in [4.69, 9.17) is 5.73 Å². The van der Waals surface area contributed by atoms with Crippen molar-refractivity contribution in [2.75, 3.05) is 18.8 Å². The fourth-order valence-electron chi connectivity index (χ4n) is 2.06. The highest BCUT2D eigenvalue weighted by Gasteiger charge is 2.23. The molecule has 1 aromatic carbocycles. The van der Waals surface area contributed by atoms with Crippen LogP contribution < -0.4 is 5.73 Å². The second-order valence-corrected chi connectivity index (χ2v) is 5.85. The van der Waals surface area contributed by atoms with Crippen LogP contribution in [0, 0.1) is 23.5 Å². The van der Waals surface area contributed by atoms with Crippen LogP contribution in [0.4, 0.5) is 14.5 Å². The minimum atomic E-state index is -0.853. The van der Waals surface area contributed by atoms with Crippen molar-refractivity contribution in [1.29, 1.82) is 0 Å². The van der Waals surface area contributed by atoms with Gasteiger partial charge in [-0.3, -0.25) is 4.79 Å². The van der Waals surface area contributed by atoms with E-state index in [9.17, 15) is 13.6 Å². The van der Waals surface area contributed by atoms with Crippen LogP contribution in [0.5, 0.6) is 0 Å². The third-order valence-electron chi connectivity index (χ3n) is 2.75. The summed E-state index contributed by atoms with van der Waals surface area (Å²) in [6, 6.07) is 1.78. The van der Waals surface area contributed by atoms with Gasteiger partial charge in [0.05, 0.1) is 11.3 Å². The maximum Gasteiger partial charge on any atom is 0.257 e. The Morgan fingerprint density at radius 2 is 1.65 bits per heavy atom. The Morgan fingerprint density at radius 1 is 1.15 bits per heavy atom. The van der Waals surface area contributed by atoms with Crippen molar-refractivity contribution in [2.24, 2.45) is 11.8 Å². The van der Waals surface area contributed by atoms with Gasteiger partial charge in [0, 0.05) is 13.1 Å². The molecule has 0 heterocycles. The first-order valence-corrected chi connectivity index (χ1v) is 6.76. The lowest BCUT2D eigenvalue weighted by Crippen LogP contribution is -2.37. The van der Waals surface area contributed by atoms with Crippen LogP contribution in [0.25, 0.3) is 0 Å². The number of hydrogen-bond acceptors (Lipinski definition) is 2. The molecule has 0 aliphatic rings. The third-order valence-corrected chi connectivity index (χ3v) is 2.75. The molecular formula is C15H22F2N2O. The Balaban J connectivity index is 3.11. The van der Waals surface area contributed by atoms with E-state index in [0.717, 1.165) is 12.1 Å². The van der Waals surface area contributed by atoms with E-state index in [2.05, 4.69) is 0 Å². The Hall–Kier alpha value is -1.65. The van der Waals surface area contributed by atoms with Gasteiger partial charge in [0.25, 0.3) is 5.91 Å². The second-order valence-electron chi connectivity index (χ2n) is 5.85. The summed E-state index contributed by atoms with van der Waals surface area (Å²) in [6.45, 7) is 8.86. The number of anilines is 1. The first kappa shape index (κ1) is 16.4. The first-order valence-electron chi connectivity index (χ1n) is 6.76. The second kappa shape index (κ2) is 6.68. The number of hydrogen-bond donors (Lipinski definition) is 1. The van der Waals surface area contributed by atoms with E-state index >= 15 is 0 Å². The summed E-state index contributed by atoms with van der Waals surface area (Å²) < 4.78 is 27.3. The lowest BCUT2D eigenvalue weighted by molar-refractivity contribution is 0.0710. The summed E-state index contributed by atoms with van der Waals surface area (Å²) in [4.78, 5) is 14.0. The van der Waals surface area contributed by atoms with E-state index in [1.807, 2.05) is 27.7 Å². The molecule has 0 spiro atoms. The molecule has 3 nitrogen and oxygen atoms in total. The number of nitrogens with two attached hydrogens (primary N) is 1. The number of nitrogens with zero attached hydrogens (tertiary/aromatic N) is 1. The van der Waals surface area contributed by atoms with Crippen molar-refractivity contribution in [3.63, 3.8) is 0 Å². The van der Waals surface area contributed by atoms with Crippen LogP contribution in [0.15, 0.2) is 12.1 Å². The molecule has 0 saturated carbocycles. The minimum absolute atomic E-state index is 0.242. The molecule has 0 radical (unpaired) electrons. The molecule has 0 aromatic heterocycles. The number of amides is 1. The van der Waals surface area contributed by atoms with E-state index in [1.165, 1.54) is 0 Å². The molecule has 5 heteroatoms. The number of rotatable bonds is 5. The summed E-state index contributed by atoms with van der Waals surface area (Å²) in [7, 11) is 0. The first-order chi connectivity index (χ1) is 9.22. The van der Waals surface area contributed by atoms with Gasteiger partial charge in [0.2, 0.25) is 0 Å². The van der Waals surface area contributed by atoms with Crippen LogP contribution in [-0.4, -0.2) is 23.9 Å². The topological polar surface area (TPSA) is 46.3 Å². The molecule has 0 aliphatic carbocycles. The molecule has 1 amide bonds. The molecule has 0 saturated heterocycles. The molecule has 112 valence electrons. The van der Waals surface area contributed by atoms with Crippen LogP contribution in [0.2, 0.25) is 0 Å². The molecule has 0 bridgehead atoms. The van der Waals surface area contributed by atoms with Crippen molar-refractivity contribution in [3.8, 4) is 0 Å². The van der Waals surface area contributed by atoms with Gasteiger partial charge in [-0.1, -0.05) is 27.7 Å². The summed E-state index contributed by atoms with van der Waals surface area (Å²) in [5.41, 5.74) is 4.73. The normalized spacial score (nSPS) is 11.2. The number of carbonyl (C=O) groups is 1. The van der Waals surface area contributed by atoms with Gasteiger partial charge in [0.1, 0.15) is 5.82 Å². The van der Waals surface area contributed by atoms with E-state index in [-0.39, 0.29) is 23.1 Å². The summed E-state index contributed by atoms with van der Waals surface area (Å²) in [6.07, 6.45) is 0. The van der Waals surface area contributed by atoms with Crippen molar-refractivity contribution < 1.29 is 13.6 Å². The average molecular weight is 284 g/mol. The zero-order valence-corrected chi connectivity index (χ0v) is 12.4. The quantitative estimate of drug-likeness (QED) is 0.843. The molecule has 0 atom stereocenters. The molecule has 0 fully saturated rings. The lowest BCUT2D eigenvalue weighted by Gasteiger charge is -2.26. The molecule has 2 N–H and O–H groups in total. The fraction of sp³-hybridized carbons (Fsp3) is 0.533. The monoisotopic (exact) mass is 284 g/mol. The number of carbonyl (C=O) groups excluding carboxylic acids is 1. The highest BCUT2D eigenvalue weighted by atomic mass is 19.1. The maximum atomic E-state index is 13.9. The maximum absolute atomic E-state index is 13.9. The van der Waals surface area contributed by atoms with Gasteiger partial charge < -0.3 is 10.6 Å². The van der Waals surface area contributed by atoms with Gasteiger partial charge in [-0.2, -0.15) is 0 Å². The largest absolute Gasteiger partial charge is 0.396 e. The fourth-order valence-corrected chi connectivity index (χ4v) is 2.06. The number of benzene rings is 1. The Labute approximate surface area is 118 Å². The van der Waals surface area contributed by atoms with Crippen LogP contribution in [0.3, 0.4) is 0 Å². The van der Waals surface area contributed by atoms with Crippen molar-refractivity contribution in [3.05, 3.63) is 29.3 Å². The van der Waals surface area contributed by atoms with Gasteiger partial charge in [0.15, 0.2) is 5.82 Å². The predicted octanol–water partition coefficient (Wildman–Crippen LogP) is 3.30. The summed E-state index contributed by atoms with van der Waals surface area (Å²) >= 11 is 0. The smallest absolute Gasteiger partial charge is 0.257 e. The molecule has 0 aliphatic heterocycles. The predicted molar refractivity (Wildman–Crippen MR) is 76.3 cm³/mol. The summed E-state index contributed by atoms with van der Waals surface area (Å²) in [5.74, 6) is -1.59. The van der Waals surface area contributed by atoms with Gasteiger partial charge >= 0.3 is 0 Å². The lowest BCUT2D eigenvalue weighted by atomic mass is 10.1. The van der Waals surface area contributed by atoms with E-state index in [0.29, 0.717) is 13.1 Å². The standard InChI is InChI=1S/C15H22F2N2O/c1-9(2)7-19(8-10(3)4)15(20)12-5-11(16)6-13(18)14(12)17/h5-6,9-10H,7-8,18H2,1-4H3. The highest BCUT2D eigenvalue weighted by molar-refractivity contribution is 5.95. The Kier molecular flexibility index (Phi) is 5.48. The van der Waals surface area contributed by atoms with Crippen LogP contribution in [0.1, 0.15) is 38.1 Å². The molecule has 1 rings (SSSR count). The zero-order valence-electron chi connectivity index (χ0n) is 12.4. The molecular weight excluding hydrogens is 262 g/mol. The Bertz CT molecular complexity index is 477. The van der Waals surface area contributed by atoms with Gasteiger partial charge in [-0.25, -0.2) is 8.78 Å². The minimum Gasteiger partial charge on any atom is -0.396 e. The van der Waals surface area contributed by atoms with Crippen LogP contribution in [-0.2, 0) is 0 Å². The van der Waals surface area contributed by atoms with Gasteiger partial charge in [-0.05, 0) is 24.0 Å². The van der Waals surface area contributed by atoms with Gasteiger partial charge in [-0.15, -0.1) is 0 Å². The SMILES string of the molecule is CC(C)CN(CC(C)C)C(=O)c1cc(F)cc(N)c1F. The van der Waals surface area contributed by atoms with Crippen molar-refractivity contribution in [2.45, 2.75) is 27.7 Å². The van der Waals surface area contributed by atoms with Crippen molar-refractivity contribution in [1.82, 2.24) is 4.90 Å². The highest BCUT2D eigenvalue weighted by Crippen LogP contribution is 2.20. The zero-order chi connectivity index (χ0) is 15.4. The van der Waals surface area contributed by atoms with Crippen LogP contribution >= 0.6 is 0 Å². The Morgan fingerprint density at radius 3 is 2.10 bits per heavy atom. The number of nitrogen functional groups attached to an aromatic ring is 1. The van der Waals surface area contributed by atoms with Crippen molar-refractivity contribution >= 4 is 11.6 Å². The molecule has 20 heavy (non-hydrogen) atoms. The van der Waals surface area contributed by atoms with E-state index < -0.39 is 17.5 Å². The van der Waals surface area contributed by atoms with E-state index in [1.54, 1.807) is 4.90 Å². The third kappa shape index (κ3) is 4.18.